The van der Waals surface area contributed by atoms with Crippen LogP contribution in [0.25, 0.3) is 11.0 Å². The molecule has 41 heavy (non-hydrogen) atoms. The summed E-state index contributed by atoms with van der Waals surface area (Å²) in [5.41, 5.74) is 0.469. The van der Waals surface area contributed by atoms with Crippen molar-refractivity contribution in [2.24, 2.45) is 18.4 Å². The highest BCUT2D eigenvalue weighted by Gasteiger charge is 2.41. The predicted molar refractivity (Wildman–Crippen MR) is 155 cm³/mol. The van der Waals surface area contributed by atoms with E-state index >= 15 is 0 Å². The summed E-state index contributed by atoms with van der Waals surface area (Å²) in [6.07, 6.45) is -1.95. The number of aliphatic hydroxyl groups excluding tert-OH is 2. The molecule has 0 saturated carbocycles. The molecule has 0 unspecified atom stereocenters. The van der Waals surface area contributed by atoms with Crippen LogP contribution in [0.2, 0.25) is 0 Å². The summed E-state index contributed by atoms with van der Waals surface area (Å²) in [6, 6.07) is 5.68. The number of aromatic nitrogens is 2. The molecule has 1 fully saturated rings. The Morgan fingerprint density at radius 3 is 2.46 bits per heavy atom. The van der Waals surface area contributed by atoms with Crippen molar-refractivity contribution < 1.29 is 34.1 Å². The fourth-order valence-corrected chi connectivity index (χ4v) is 5.18. The number of hydrogen-bond donors (Lipinski definition) is 2. The van der Waals surface area contributed by atoms with Gasteiger partial charge in [-0.05, 0) is 64.7 Å². The standard InChI is InChI=1S/C31H47N3O7/c1-19-24(35)11-9-10-15-34(29(39)41-30(3,4)5)16-14-25(40-27(37)18-26(36)31(6,7)28(19)38)21-12-13-23-22(17-21)32-20(2)33(23)8/h12-13,17,19,24-26,35-36H,9-11,14-16,18H2,1-8H3/t19-,24+,25+,26+/m1/s1. The van der Waals surface area contributed by atoms with Crippen molar-refractivity contribution in [3.8, 4) is 0 Å². The predicted octanol–water partition coefficient (Wildman–Crippen LogP) is 4.62. The Kier molecular flexibility index (Phi) is 10.2. The van der Waals surface area contributed by atoms with Crippen molar-refractivity contribution in [3.05, 3.63) is 29.6 Å². The van der Waals surface area contributed by atoms with Gasteiger partial charge in [0.25, 0.3) is 0 Å². The Balaban J connectivity index is 1.95. The number of ketones is 1. The Morgan fingerprint density at radius 1 is 1.12 bits per heavy atom. The van der Waals surface area contributed by atoms with Crippen LogP contribution < -0.4 is 0 Å². The summed E-state index contributed by atoms with van der Waals surface area (Å²) in [6.45, 7) is 12.8. The molecule has 2 aromatic rings. The highest BCUT2D eigenvalue weighted by molar-refractivity contribution is 5.88. The summed E-state index contributed by atoms with van der Waals surface area (Å²) in [5, 5.41) is 21.7. The van der Waals surface area contributed by atoms with Crippen molar-refractivity contribution in [1.82, 2.24) is 14.5 Å². The van der Waals surface area contributed by atoms with Gasteiger partial charge in [-0.25, -0.2) is 9.78 Å². The maximum Gasteiger partial charge on any atom is 0.410 e. The van der Waals surface area contributed by atoms with Crippen LogP contribution in [0.1, 0.15) is 91.1 Å². The van der Waals surface area contributed by atoms with Gasteiger partial charge in [0.05, 0.1) is 35.1 Å². The number of Topliss-reactive ketones (excluding diaryl/α,β-unsaturated/α-hetero) is 1. The SMILES string of the molecule is Cc1nc2cc([C@@H]3CCN(C(=O)OC(C)(C)C)CCCC[C@H](O)[C@@H](C)C(=O)C(C)(C)[C@@H](O)CC(=O)O3)ccc2n1C. The summed E-state index contributed by atoms with van der Waals surface area (Å²) in [7, 11) is 1.93. The molecule has 0 bridgehead atoms. The van der Waals surface area contributed by atoms with E-state index in [1.807, 2.05) is 36.7 Å². The molecular formula is C31H47N3O7. The number of benzene rings is 1. The molecule has 1 aromatic carbocycles. The van der Waals surface area contributed by atoms with Gasteiger partial charge >= 0.3 is 12.1 Å². The molecule has 3 rings (SSSR count). The van der Waals surface area contributed by atoms with E-state index in [9.17, 15) is 24.6 Å². The van der Waals surface area contributed by atoms with Crippen LogP contribution in [-0.4, -0.2) is 73.4 Å². The Hall–Kier alpha value is -2.98. The zero-order valence-electron chi connectivity index (χ0n) is 25.8. The van der Waals surface area contributed by atoms with Gasteiger partial charge in [-0.1, -0.05) is 26.8 Å². The van der Waals surface area contributed by atoms with Gasteiger partial charge in [0.1, 0.15) is 23.3 Å². The van der Waals surface area contributed by atoms with E-state index in [0.717, 1.165) is 22.4 Å². The topological polar surface area (TPSA) is 131 Å². The number of carbonyl (C=O) groups excluding carboxylic acids is 3. The number of nitrogens with zero attached hydrogens (tertiary/aromatic N) is 3. The lowest BCUT2D eigenvalue weighted by atomic mass is 9.74. The molecule has 1 aliphatic heterocycles. The maximum absolute atomic E-state index is 13.3. The maximum atomic E-state index is 13.3. The molecule has 0 aliphatic carbocycles. The Morgan fingerprint density at radius 2 is 1.80 bits per heavy atom. The van der Waals surface area contributed by atoms with Crippen LogP contribution in [0, 0.1) is 18.3 Å². The number of aliphatic hydroxyl groups is 2. The normalized spacial score (nSPS) is 25.7. The van der Waals surface area contributed by atoms with Gasteiger partial charge in [0, 0.05) is 32.5 Å². The Bertz CT molecular complexity index is 1250. The number of carbonyl (C=O) groups is 3. The van der Waals surface area contributed by atoms with E-state index in [2.05, 4.69) is 4.98 Å². The summed E-state index contributed by atoms with van der Waals surface area (Å²) < 4.78 is 13.5. The molecule has 1 aromatic heterocycles. The first-order valence-corrected chi connectivity index (χ1v) is 14.5. The van der Waals surface area contributed by atoms with Gasteiger partial charge < -0.3 is 29.2 Å². The van der Waals surface area contributed by atoms with Gasteiger partial charge in [-0.15, -0.1) is 0 Å². The molecule has 2 N–H and O–H groups in total. The van der Waals surface area contributed by atoms with Crippen molar-refractivity contribution in [3.63, 3.8) is 0 Å². The molecule has 1 saturated heterocycles. The van der Waals surface area contributed by atoms with Crippen molar-refractivity contribution in [2.45, 2.75) is 104 Å². The van der Waals surface area contributed by atoms with Crippen LogP contribution in [0.3, 0.4) is 0 Å². The highest BCUT2D eigenvalue weighted by Crippen LogP contribution is 2.32. The van der Waals surface area contributed by atoms with Crippen LogP contribution in [-0.2, 0) is 26.1 Å². The van der Waals surface area contributed by atoms with Crippen molar-refractivity contribution in [1.29, 1.82) is 0 Å². The number of fused-ring (bicyclic) bond motifs is 1. The molecule has 4 atom stereocenters. The van der Waals surface area contributed by atoms with Crippen LogP contribution in [0.4, 0.5) is 4.79 Å². The molecular weight excluding hydrogens is 526 g/mol. The molecule has 1 aliphatic rings. The molecule has 0 radical (unpaired) electrons. The first kappa shape index (κ1) is 32.5. The Labute approximate surface area is 243 Å². The summed E-state index contributed by atoms with van der Waals surface area (Å²) in [5.74, 6) is -0.866. The third kappa shape index (κ3) is 8.07. The van der Waals surface area contributed by atoms with Crippen molar-refractivity contribution >= 4 is 28.9 Å². The first-order valence-electron chi connectivity index (χ1n) is 14.5. The first-order chi connectivity index (χ1) is 19.0. The van der Waals surface area contributed by atoms with E-state index in [4.69, 9.17) is 9.47 Å². The average molecular weight is 574 g/mol. The van der Waals surface area contributed by atoms with Crippen LogP contribution in [0.15, 0.2) is 18.2 Å². The monoisotopic (exact) mass is 573 g/mol. The zero-order chi connectivity index (χ0) is 30.7. The second kappa shape index (κ2) is 12.9. The molecule has 2 heterocycles. The lowest BCUT2D eigenvalue weighted by molar-refractivity contribution is -0.156. The molecule has 10 nitrogen and oxygen atoms in total. The second-order valence-electron chi connectivity index (χ2n) is 12.9. The lowest BCUT2D eigenvalue weighted by Crippen LogP contribution is -2.44. The number of cyclic esters (lactones) is 1. The number of esters is 1. The second-order valence-corrected chi connectivity index (χ2v) is 12.9. The van der Waals surface area contributed by atoms with E-state index < -0.39 is 53.7 Å². The van der Waals surface area contributed by atoms with Gasteiger partial charge in [0.2, 0.25) is 0 Å². The number of imidazole rings is 1. The summed E-state index contributed by atoms with van der Waals surface area (Å²) in [4.78, 5) is 45.7. The number of rotatable bonds is 1. The van der Waals surface area contributed by atoms with Crippen LogP contribution in [0.5, 0.6) is 0 Å². The van der Waals surface area contributed by atoms with Gasteiger partial charge in [0.15, 0.2) is 0 Å². The molecule has 10 heteroatoms. The lowest BCUT2D eigenvalue weighted by Gasteiger charge is -2.33. The number of ether oxygens (including phenoxy) is 2. The van der Waals surface area contributed by atoms with E-state index in [-0.39, 0.29) is 12.3 Å². The average Bonchev–Trinajstić information content (AvgIpc) is 3.16. The van der Waals surface area contributed by atoms with Gasteiger partial charge in [-0.3, -0.25) is 9.59 Å². The fourth-order valence-electron chi connectivity index (χ4n) is 5.18. The highest BCUT2D eigenvalue weighted by atomic mass is 16.6. The molecule has 228 valence electrons. The fraction of sp³-hybridized carbons (Fsp3) is 0.677. The largest absolute Gasteiger partial charge is 0.457 e. The quantitative estimate of drug-likeness (QED) is 0.473. The van der Waals surface area contributed by atoms with Crippen molar-refractivity contribution in [2.75, 3.05) is 13.1 Å². The van der Waals surface area contributed by atoms with E-state index in [1.165, 1.54) is 0 Å². The smallest absolute Gasteiger partial charge is 0.410 e. The van der Waals surface area contributed by atoms with Crippen LogP contribution >= 0.6 is 0 Å². The number of amides is 1. The minimum absolute atomic E-state index is 0.262. The minimum atomic E-state index is -1.30. The number of aryl methyl sites for hydroxylation is 2. The zero-order valence-corrected chi connectivity index (χ0v) is 25.8. The van der Waals surface area contributed by atoms with E-state index in [1.54, 1.807) is 46.4 Å². The van der Waals surface area contributed by atoms with E-state index in [0.29, 0.717) is 32.2 Å². The third-order valence-corrected chi connectivity index (χ3v) is 8.08. The number of hydrogen-bond acceptors (Lipinski definition) is 8. The molecule has 0 spiro atoms. The molecule has 1 amide bonds. The minimum Gasteiger partial charge on any atom is -0.457 e. The van der Waals surface area contributed by atoms with Gasteiger partial charge in [-0.2, -0.15) is 0 Å². The third-order valence-electron chi connectivity index (χ3n) is 8.08. The summed E-state index contributed by atoms with van der Waals surface area (Å²) >= 11 is 0.